The van der Waals surface area contributed by atoms with E-state index in [4.69, 9.17) is 19.4 Å². The van der Waals surface area contributed by atoms with E-state index in [9.17, 15) is 0 Å². The highest BCUT2D eigenvalue weighted by Crippen LogP contribution is 2.40. The summed E-state index contributed by atoms with van der Waals surface area (Å²) in [5.74, 6) is 1.77. The van der Waals surface area contributed by atoms with Gasteiger partial charge in [-0.05, 0) is 85.3 Å². The van der Waals surface area contributed by atoms with Crippen LogP contribution >= 0.6 is 0 Å². The Morgan fingerprint density at radius 3 is 1.63 bits per heavy atom. The average Bonchev–Trinajstić information content (AvgIpc) is 3.68. The van der Waals surface area contributed by atoms with Gasteiger partial charge in [0.1, 0.15) is 11.2 Å². The summed E-state index contributed by atoms with van der Waals surface area (Å²) in [7, 11) is 0. The molecule has 0 atom stereocenters. The van der Waals surface area contributed by atoms with Crippen molar-refractivity contribution in [1.29, 1.82) is 0 Å². The Morgan fingerprint density at radius 1 is 0.281 bits per heavy atom. The summed E-state index contributed by atoms with van der Waals surface area (Å²) >= 11 is 0. The van der Waals surface area contributed by atoms with Gasteiger partial charge in [0.15, 0.2) is 17.5 Å². The maximum absolute atomic E-state index is 6.44. The summed E-state index contributed by atoms with van der Waals surface area (Å²) < 4.78 is 6.44. The van der Waals surface area contributed by atoms with Gasteiger partial charge in [0.2, 0.25) is 0 Å². The molecule has 0 bridgehead atoms. The van der Waals surface area contributed by atoms with Crippen LogP contribution in [0.25, 0.3) is 111 Å². The van der Waals surface area contributed by atoms with Crippen molar-refractivity contribution in [3.05, 3.63) is 200 Å². The molecule has 266 valence electrons. The van der Waals surface area contributed by atoms with E-state index in [-0.39, 0.29) is 0 Å². The molecule has 0 radical (unpaired) electrons. The third kappa shape index (κ3) is 5.74. The van der Waals surface area contributed by atoms with Gasteiger partial charge in [0.25, 0.3) is 0 Å². The molecule has 57 heavy (non-hydrogen) atoms. The average molecular weight is 728 g/mol. The number of furan rings is 1. The second-order valence-corrected chi connectivity index (χ2v) is 14.4. The topological polar surface area (TPSA) is 51.8 Å². The summed E-state index contributed by atoms with van der Waals surface area (Å²) in [5, 5.41) is 6.90. The molecule has 0 aliphatic carbocycles. The zero-order chi connectivity index (χ0) is 37.7. The molecule has 0 saturated heterocycles. The van der Waals surface area contributed by atoms with Crippen LogP contribution in [0.4, 0.5) is 0 Å². The Morgan fingerprint density at radius 2 is 0.825 bits per heavy atom. The normalized spacial score (nSPS) is 11.5. The first-order chi connectivity index (χ1) is 28.2. The quantitative estimate of drug-likeness (QED) is 0.160. The van der Waals surface area contributed by atoms with E-state index in [1.54, 1.807) is 0 Å². The summed E-state index contributed by atoms with van der Waals surface area (Å²) in [5.41, 5.74) is 11.3. The predicted octanol–water partition coefficient (Wildman–Crippen LogP) is 14.1. The largest absolute Gasteiger partial charge is 0.455 e. The summed E-state index contributed by atoms with van der Waals surface area (Å²) in [6.07, 6.45) is 0. The number of nitrogens with zero attached hydrogens (tertiary/aromatic N) is 3. The van der Waals surface area contributed by atoms with Crippen LogP contribution in [-0.2, 0) is 0 Å². The molecule has 0 spiro atoms. The van der Waals surface area contributed by atoms with Gasteiger partial charge in [0.05, 0.1) is 5.56 Å². The second kappa shape index (κ2) is 13.6. The SMILES string of the molecule is c1ccc(-c2nc(-c3cccc(-c4cc5ccc(-c6ccccc6-c6ccccc6)cc5c5ccccc45)c3)nc(-c3cccc4c3oc3ccccc34)n2)cc1. The molecule has 4 nitrogen and oxygen atoms in total. The zero-order valence-electron chi connectivity index (χ0n) is 30.8. The fraction of sp³-hybridized carbons (Fsp3) is 0. The van der Waals surface area contributed by atoms with Crippen molar-refractivity contribution in [1.82, 2.24) is 15.0 Å². The minimum Gasteiger partial charge on any atom is -0.455 e. The lowest BCUT2D eigenvalue weighted by Crippen LogP contribution is -2.00. The van der Waals surface area contributed by atoms with E-state index in [1.165, 1.54) is 43.8 Å². The number of hydrogen-bond acceptors (Lipinski definition) is 4. The Balaban J connectivity index is 1.06. The van der Waals surface area contributed by atoms with Crippen LogP contribution in [0.2, 0.25) is 0 Å². The Kier molecular flexibility index (Phi) is 7.78. The third-order valence-electron chi connectivity index (χ3n) is 10.9. The van der Waals surface area contributed by atoms with Crippen molar-refractivity contribution in [2.45, 2.75) is 0 Å². The molecule has 9 aromatic carbocycles. The van der Waals surface area contributed by atoms with Crippen molar-refractivity contribution >= 4 is 43.5 Å². The highest BCUT2D eigenvalue weighted by molar-refractivity contribution is 6.15. The summed E-state index contributed by atoms with van der Waals surface area (Å²) in [4.78, 5) is 15.3. The zero-order valence-corrected chi connectivity index (χ0v) is 30.8. The smallest absolute Gasteiger partial charge is 0.167 e. The van der Waals surface area contributed by atoms with Crippen molar-refractivity contribution in [3.63, 3.8) is 0 Å². The van der Waals surface area contributed by atoms with Gasteiger partial charge >= 0.3 is 0 Å². The minimum atomic E-state index is 0.565. The fourth-order valence-corrected chi connectivity index (χ4v) is 8.20. The standard InChI is InChI=1S/C53H33N3O/c1-3-15-34(16-4-1)40-21-7-8-22-41(40)37-29-30-38-33-47(42-23-9-10-24-43(42)48(38)32-37)36-19-13-20-39(31-36)52-54-51(35-17-5-2-6-18-35)55-53(56-52)46-27-14-26-45-44-25-11-12-28-49(44)57-50(45)46/h1-33H. The van der Waals surface area contributed by atoms with Crippen LogP contribution in [0.15, 0.2) is 205 Å². The van der Waals surface area contributed by atoms with Crippen molar-refractivity contribution in [2.75, 3.05) is 0 Å². The number of rotatable bonds is 6. The number of aromatic nitrogens is 3. The Hall–Kier alpha value is -7.69. The molecule has 0 aliphatic rings. The first-order valence-corrected chi connectivity index (χ1v) is 19.2. The van der Waals surface area contributed by atoms with Crippen LogP contribution in [0, 0.1) is 0 Å². The molecule has 11 rings (SSSR count). The lowest BCUT2D eigenvalue weighted by Gasteiger charge is -2.15. The second-order valence-electron chi connectivity index (χ2n) is 14.4. The molecule has 2 aromatic heterocycles. The molecular formula is C53H33N3O. The molecule has 0 saturated carbocycles. The van der Waals surface area contributed by atoms with E-state index in [1.807, 2.05) is 60.7 Å². The van der Waals surface area contributed by atoms with Crippen LogP contribution in [-0.4, -0.2) is 15.0 Å². The first-order valence-electron chi connectivity index (χ1n) is 19.2. The van der Waals surface area contributed by atoms with Crippen molar-refractivity contribution < 1.29 is 4.42 Å². The molecule has 0 unspecified atom stereocenters. The molecule has 0 aliphatic heterocycles. The Labute approximate surface area is 329 Å². The monoisotopic (exact) mass is 727 g/mol. The van der Waals surface area contributed by atoms with E-state index in [0.717, 1.165) is 49.8 Å². The minimum absolute atomic E-state index is 0.565. The van der Waals surface area contributed by atoms with E-state index >= 15 is 0 Å². The van der Waals surface area contributed by atoms with Gasteiger partial charge < -0.3 is 4.42 Å². The third-order valence-corrected chi connectivity index (χ3v) is 10.9. The highest BCUT2D eigenvalue weighted by atomic mass is 16.3. The molecule has 0 N–H and O–H groups in total. The van der Waals surface area contributed by atoms with E-state index in [0.29, 0.717) is 17.5 Å². The van der Waals surface area contributed by atoms with Crippen molar-refractivity contribution in [3.8, 4) is 67.5 Å². The molecule has 4 heteroatoms. The van der Waals surface area contributed by atoms with Crippen LogP contribution in [0.3, 0.4) is 0 Å². The van der Waals surface area contributed by atoms with Gasteiger partial charge in [-0.2, -0.15) is 0 Å². The predicted molar refractivity (Wildman–Crippen MR) is 235 cm³/mol. The van der Waals surface area contributed by atoms with Crippen LogP contribution < -0.4 is 0 Å². The maximum Gasteiger partial charge on any atom is 0.167 e. The molecule has 11 aromatic rings. The Bertz CT molecular complexity index is 3300. The molecule has 0 fully saturated rings. The number of benzene rings is 9. The fourth-order valence-electron chi connectivity index (χ4n) is 8.20. The van der Waals surface area contributed by atoms with Gasteiger partial charge in [0, 0.05) is 21.9 Å². The number of hydrogen-bond donors (Lipinski definition) is 0. The van der Waals surface area contributed by atoms with E-state index < -0.39 is 0 Å². The molecular weight excluding hydrogens is 695 g/mol. The van der Waals surface area contributed by atoms with Gasteiger partial charge in [-0.15, -0.1) is 0 Å². The van der Waals surface area contributed by atoms with E-state index in [2.05, 4.69) is 140 Å². The van der Waals surface area contributed by atoms with Crippen LogP contribution in [0.5, 0.6) is 0 Å². The number of para-hydroxylation sites is 2. The number of fused-ring (bicyclic) bond motifs is 6. The lowest BCUT2D eigenvalue weighted by atomic mass is 9.89. The molecule has 2 heterocycles. The molecule has 0 amide bonds. The lowest BCUT2D eigenvalue weighted by molar-refractivity contribution is 0.669. The van der Waals surface area contributed by atoms with Gasteiger partial charge in [-0.3, -0.25) is 0 Å². The van der Waals surface area contributed by atoms with Gasteiger partial charge in [-0.1, -0.05) is 170 Å². The highest BCUT2D eigenvalue weighted by Gasteiger charge is 2.19. The maximum atomic E-state index is 6.44. The summed E-state index contributed by atoms with van der Waals surface area (Å²) in [6.45, 7) is 0. The van der Waals surface area contributed by atoms with Crippen molar-refractivity contribution in [2.24, 2.45) is 0 Å². The van der Waals surface area contributed by atoms with Gasteiger partial charge in [-0.25, -0.2) is 15.0 Å². The summed E-state index contributed by atoms with van der Waals surface area (Å²) in [6, 6.07) is 70.1. The van der Waals surface area contributed by atoms with Crippen LogP contribution in [0.1, 0.15) is 0 Å². The first kappa shape index (κ1) is 32.7.